The molecule has 0 spiro atoms. The van der Waals surface area contributed by atoms with Gasteiger partial charge in [0, 0.05) is 25.0 Å². The topological polar surface area (TPSA) is 45.2 Å². The van der Waals surface area contributed by atoms with Gasteiger partial charge in [0.1, 0.15) is 11.6 Å². The molecule has 1 aromatic heterocycles. The van der Waals surface area contributed by atoms with E-state index in [1.54, 1.807) is 0 Å². The Morgan fingerprint density at radius 1 is 1.07 bits per heavy atom. The van der Waals surface area contributed by atoms with E-state index < -0.39 is 49.0 Å². The lowest BCUT2D eigenvalue weighted by Crippen LogP contribution is -2.52. The molecule has 29 heavy (non-hydrogen) atoms. The first kappa shape index (κ1) is 20.9. The molecule has 2 aromatic rings. The van der Waals surface area contributed by atoms with Gasteiger partial charge in [-0.05, 0) is 36.8 Å². The van der Waals surface area contributed by atoms with Gasteiger partial charge in [0.25, 0.3) is 5.91 Å². The summed E-state index contributed by atoms with van der Waals surface area (Å²) in [5.41, 5.74) is -4.00. The number of aromatic nitrogens is 1. The van der Waals surface area contributed by atoms with Crippen LogP contribution in [0, 0.1) is 11.2 Å². The molecule has 0 unspecified atom stereocenters. The molecule has 1 saturated heterocycles. The predicted octanol–water partition coefficient (Wildman–Crippen LogP) is 4.92. The average molecular weight is 421 g/mol. The number of hydrogen-bond donors (Lipinski definition) is 1. The minimum absolute atomic E-state index is 0.111. The van der Waals surface area contributed by atoms with E-state index in [-0.39, 0.29) is 17.1 Å². The standard InChI is InChI=1S/C18H14F7N3O/c19-11-3-1-4-12(9-11)27-14-13(5-2-7-26-14)15(29)28-8-6-16(10-28,17(20,21)22)18(23,24)25/h1-5,7,9H,6,8,10H2,(H,26,27). The second kappa shape index (κ2) is 7.20. The fourth-order valence-electron chi connectivity index (χ4n) is 3.16. The number of carbonyl (C=O) groups is 1. The zero-order valence-corrected chi connectivity index (χ0v) is 14.6. The summed E-state index contributed by atoms with van der Waals surface area (Å²) >= 11 is 0. The minimum Gasteiger partial charge on any atom is -0.339 e. The van der Waals surface area contributed by atoms with Crippen molar-refractivity contribution in [3.05, 3.63) is 54.0 Å². The lowest BCUT2D eigenvalue weighted by atomic mass is 9.85. The average Bonchev–Trinajstić information content (AvgIpc) is 3.08. The van der Waals surface area contributed by atoms with Crippen LogP contribution < -0.4 is 5.32 Å². The van der Waals surface area contributed by atoms with Crippen molar-refractivity contribution < 1.29 is 35.5 Å². The number of nitrogens with zero attached hydrogens (tertiary/aromatic N) is 2. The monoisotopic (exact) mass is 421 g/mol. The maximum Gasteiger partial charge on any atom is 0.404 e. The van der Waals surface area contributed by atoms with Crippen molar-refractivity contribution in [2.75, 3.05) is 18.4 Å². The number of hydrogen-bond acceptors (Lipinski definition) is 3. The number of pyridine rings is 1. The number of rotatable bonds is 3. The van der Waals surface area contributed by atoms with Crippen LogP contribution in [0.1, 0.15) is 16.8 Å². The van der Waals surface area contributed by atoms with Gasteiger partial charge in [0.2, 0.25) is 0 Å². The van der Waals surface area contributed by atoms with Crippen LogP contribution in [0.15, 0.2) is 42.6 Å². The molecule has 0 radical (unpaired) electrons. The molecule has 0 aliphatic carbocycles. The van der Waals surface area contributed by atoms with Crippen molar-refractivity contribution in [3.8, 4) is 0 Å². The van der Waals surface area contributed by atoms with Crippen molar-refractivity contribution in [2.45, 2.75) is 18.8 Å². The lowest BCUT2D eigenvalue weighted by molar-refractivity contribution is -0.334. The van der Waals surface area contributed by atoms with E-state index in [9.17, 15) is 35.5 Å². The lowest BCUT2D eigenvalue weighted by Gasteiger charge is -2.33. The number of halogens is 7. The fraction of sp³-hybridized carbons (Fsp3) is 0.333. The van der Waals surface area contributed by atoms with Crippen LogP contribution in [0.4, 0.5) is 42.2 Å². The zero-order valence-electron chi connectivity index (χ0n) is 14.6. The molecule has 4 nitrogen and oxygen atoms in total. The van der Waals surface area contributed by atoms with Gasteiger partial charge >= 0.3 is 12.4 Å². The number of amides is 1. The molecule has 0 atom stereocenters. The Labute approximate surface area is 160 Å². The minimum atomic E-state index is -5.56. The van der Waals surface area contributed by atoms with Gasteiger partial charge < -0.3 is 10.2 Å². The van der Waals surface area contributed by atoms with Crippen LogP contribution in [0.25, 0.3) is 0 Å². The molecular weight excluding hydrogens is 407 g/mol. The van der Waals surface area contributed by atoms with E-state index in [2.05, 4.69) is 10.3 Å². The van der Waals surface area contributed by atoms with Gasteiger partial charge in [0.15, 0.2) is 5.41 Å². The summed E-state index contributed by atoms with van der Waals surface area (Å²) in [5, 5.41) is 2.66. The van der Waals surface area contributed by atoms with Crippen LogP contribution >= 0.6 is 0 Å². The molecule has 3 rings (SSSR count). The fourth-order valence-corrected chi connectivity index (χ4v) is 3.16. The van der Waals surface area contributed by atoms with E-state index in [4.69, 9.17) is 0 Å². The Hall–Kier alpha value is -2.85. The number of alkyl halides is 6. The smallest absolute Gasteiger partial charge is 0.339 e. The first-order chi connectivity index (χ1) is 13.4. The quantitative estimate of drug-likeness (QED) is 0.716. The molecule has 0 saturated carbocycles. The number of nitrogens with one attached hydrogen (secondary N) is 1. The highest BCUT2D eigenvalue weighted by Gasteiger charge is 2.72. The summed E-state index contributed by atoms with van der Waals surface area (Å²) in [6.45, 7) is -2.25. The van der Waals surface area contributed by atoms with E-state index >= 15 is 0 Å². The normalized spacial score (nSPS) is 16.7. The third-order valence-corrected chi connectivity index (χ3v) is 4.77. The summed E-state index contributed by atoms with van der Waals surface area (Å²) in [5.74, 6) is -1.73. The molecule has 1 aliphatic heterocycles. The van der Waals surface area contributed by atoms with Gasteiger partial charge in [-0.25, -0.2) is 9.37 Å². The number of likely N-dealkylation sites (tertiary alicyclic amines) is 1. The van der Waals surface area contributed by atoms with E-state index in [0.717, 1.165) is 6.07 Å². The summed E-state index contributed by atoms with van der Waals surface area (Å²) in [4.78, 5) is 17.1. The largest absolute Gasteiger partial charge is 0.404 e. The number of carbonyl (C=O) groups excluding carboxylic acids is 1. The molecule has 1 fully saturated rings. The summed E-state index contributed by atoms with van der Waals surface area (Å²) in [6.07, 6.45) is -11.1. The molecule has 1 amide bonds. The van der Waals surface area contributed by atoms with E-state index in [1.807, 2.05) is 0 Å². The second-order valence-corrected chi connectivity index (χ2v) is 6.59. The Balaban J connectivity index is 1.89. The van der Waals surface area contributed by atoms with Gasteiger partial charge in [0.05, 0.1) is 5.56 Å². The van der Waals surface area contributed by atoms with Crippen molar-refractivity contribution in [1.29, 1.82) is 0 Å². The van der Waals surface area contributed by atoms with Crippen LogP contribution in [0.5, 0.6) is 0 Å². The summed E-state index contributed by atoms with van der Waals surface area (Å²) in [6, 6.07) is 7.65. The first-order valence-electron chi connectivity index (χ1n) is 8.35. The van der Waals surface area contributed by atoms with Crippen molar-refractivity contribution in [2.24, 2.45) is 5.41 Å². The Morgan fingerprint density at radius 3 is 2.34 bits per heavy atom. The highest BCUT2D eigenvalue weighted by molar-refractivity contribution is 5.99. The molecular formula is C18H14F7N3O. The first-order valence-corrected chi connectivity index (χ1v) is 8.35. The third-order valence-electron chi connectivity index (χ3n) is 4.77. The summed E-state index contributed by atoms with van der Waals surface area (Å²) < 4.78 is 92.8. The molecule has 156 valence electrons. The zero-order chi connectivity index (χ0) is 21.4. The van der Waals surface area contributed by atoms with Crippen molar-refractivity contribution >= 4 is 17.4 Å². The predicted molar refractivity (Wildman–Crippen MR) is 89.0 cm³/mol. The molecule has 1 aromatic carbocycles. The Kier molecular flexibility index (Phi) is 5.18. The number of anilines is 2. The molecule has 2 heterocycles. The second-order valence-electron chi connectivity index (χ2n) is 6.59. The molecule has 1 aliphatic rings. The van der Waals surface area contributed by atoms with Crippen molar-refractivity contribution in [3.63, 3.8) is 0 Å². The molecule has 1 N–H and O–H groups in total. The maximum atomic E-state index is 13.3. The van der Waals surface area contributed by atoms with Crippen LogP contribution in [0.2, 0.25) is 0 Å². The third kappa shape index (κ3) is 3.85. The Morgan fingerprint density at radius 2 is 1.76 bits per heavy atom. The van der Waals surface area contributed by atoms with Crippen LogP contribution in [-0.4, -0.2) is 41.2 Å². The Bertz CT molecular complexity index is 897. The van der Waals surface area contributed by atoms with E-state index in [1.165, 1.54) is 36.5 Å². The van der Waals surface area contributed by atoms with Crippen LogP contribution in [0.3, 0.4) is 0 Å². The maximum absolute atomic E-state index is 13.3. The van der Waals surface area contributed by atoms with E-state index in [0.29, 0.717) is 4.90 Å². The van der Waals surface area contributed by atoms with Gasteiger partial charge in [-0.15, -0.1) is 0 Å². The van der Waals surface area contributed by atoms with Crippen LogP contribution in [-0.2, 0) is 0 Å². The van der Waals surface area contributed by atoms with Gasteiger partial charge in [-0.3, -0.25) is 4.79 Å². The highest BCUT2D eigenvalue weighted by Crippen LogP contribution is 2.55. The molecule has 11 heteroatoms. The van der Waals surface area contributed by atoms with Gasteiger partial charge in [-0.2, -0.15) is 26.3 Å². The highest BCUT2D eigenvalue weighted by atomic mass is 19.4. The van der Waals surface area contributed by atoms with Crippen molar-refractivity contribution in [1.82, 2.24) is 9.88 Å². The molecule has 0 bridgehead atoms. The summed E-state index contributed by atoms with van der Waals surface area (Å²) in [7, 11) is 0. The van der Waals surface area contributed by atoms with Gasteiger partial charge in [-0.1, -0.05) is 6.07 Å². The SMILES string of the molecule is O=C(c1cccnc1Nc1cccc(F)c1)N1CCC(C(F)(F)F)(C(F)(F)F)C1. The number of benzene rings is 1.